The van der Waals surface area contributed by atoms with Crippen LogP contribution in [0.5, 0.6) is 0 Å². The number of ether oxygens (including phenoxy) is 3. The molecule has 0 saturated heterocycles. The van der Waals surface area contributed by atoms with E-state index in [2.05, 4.69) is 34.6 Å². The van der Waals surface area contributed by atoms with Gasteiger partial charge < -0.3 is 14.2 Å². The summed E-state index contributed by atoms with van der Waals surface area (Å²) < 4.78 is 16.5. The lowest BCUT2D eigenvalue weighted by molar-refractivity contribution is -0.167. The third-order valence-electron chi connectivity index (χ3n) is 7.97. The molecular formula is C37H70O6. The van der Waals surface area contributed by atoms with Crippen LogP contribution in [-0.4, -0.2) is 37.2 Å². The first-order chi connectivity index (χ1) is 20.7. The third kappa shape index (κ3) is 31.6. The monoisotopic (exact) mass is 611 g/mol. The Kier molecular flexibility index (Phi) is 29.3. The molecule has 0 rings (SSSR count). The zero-order chi connectivity index (χ0) is 32.0. The molecule has 0 heterocycles. The lowest BCUT2D eigenvalue weighted by Gasteiger charge is -2.18. The molecule has 0 saturated carbocycles. The summed E-state index contributed by atoms with van der Waals surface area (Å²) in [7, 11) is 0. The molecule has 0 aromatic heterocycles. The molecule has 1 atom stereocenters. The summed E-state index contributed by atoms with van der Waals surface area (Å²) in [5.74, 6) is 0.637. The first kappa shape index (κ1) is 41.4. The van der Waals surface area contributed by atoms with Crippen molar-refractivity contribution in [3.8, 4) is 0 Å². The smallest absolute Gasteiger partial charge is 0.306 e. The maximum absolute atomic E-state index is 12.5. The Morgan fingerprint density at radius 2 is 0.767 bits per heavy atom. The SMILES string of the molecule is CCCCCCCCCC(=O)OC[C@@H](COC(=O)CCCCCCCCC(C)C)OC(=O)CCCCCCCCC(C)C. The molecule has 0 amide bonds. The second-order valence-electron chi connectivity index (χ2n) is 13.5. The Morgan fingerprint density at radius 3 is 1.14 bits per heavy atom. The lowest BCUT2D eigenvalue weighted by atomic mass is 10.0. The second-order valence-corrected chi connectivity index (χ2v) is 13.5. The van der Waals surface area contributed by atoms with Gasteiger partial charge in [-0.15, -0.1) is 0 Å². The summed E-state index contributed by atoms with van der Waals surface area (Å²) in [4.78, 5) is 37.2. The Hall–Kier alpha value is -1.59. The average molecular weight is 611 g/mol. The fourth-order valence-corrected chi connectivity index (χ4v) is 5.16. The minimum Gasteiger partial charge on any atom is -0.462 e. The van der Waals surface area contributed by atoms with Crippen LogP contribution in [0.15, 0.2) is 0 Å². The van der Waals surface area contributed by atoms with Gasteiger partial charge in [0.25, 0.3) is 0 Å². The van der Waals surface area contributed by atoms with Gasteiger partial charge in [-0.05, 0) is 31.1 Å². The summed E-state index contributed by atoms with van der Waals surface area (Å²) in [5, 5.41) is 0. The lowest BCUT2D eigenvalue weighted by Crippen LogP contribution is -2.30. The summed E-state index contributed by atoms with van der Waals surface area (Å²) >= 11 is 0. The van der Waals surface area contributed by atoms with Crippen LogP contribution < -0.4 is 0 Å². The van der Waals surface area contributed by atoms with Gasteiger partial charge in [-0.25, -0.2) is 0 Å². The van der Waals surface area contributed by atoms with Gasteiger partial charge in [-0.3, -0.25) is 14.4 Å². The van der Waals surface area contributed by atoms with E-state index in [1.165, 1.54) is 77.0 Å². The van der Waals surface area contributed by atoms with Crippen molar-refractivity contribution in [3.63, 3.8) is 0 Å². The topological polar surface area (TPSA) is 78.9 Å². The molecular weight excluding hydrogens is 540 g/mol. The van der Waals surface area contributed by atoms with Gasteiger partial charge >= 0.3 is 17.9 Å². The molecule has 0 bridgehead atoms. The van der Waals surface area contributed by atoms with Crippen LogP contribution in [0.3, 0.4) is 0 Å². The van der Waals surface area contributed by atoms with Crippen molar-refractivity contribution in [1.82, 2.24) is 0 Å². The number of carbonyl (C=O) groups excluding carboxylic acids is 3. The average Bonchev–Trinajstić information content (AvgIpc) is 2.96. The number of rotatable bonds is 31. The first-order valence-electron chi connectivity index (χ1n) is 18.2. The van der Waals surface area contributed by atoms with Gasteiger partial charge in [0.15, 0.2) is 6.10 Å². The maximum atomic E-state index is 12.5. The van der Waals surface area contributed by atoms with Crippen LogP contribution in [-0.2, 0) is 28.6 Å². The molecule has 0 fully saturated rings. The van der Waals surface area contributed by atoms with Gasteiger partial charge in [-0.2, -0.15) is 0 Å². The summed E-state index contributed by atoms with van der Waals surface area (Å²) in [5.41, 5.74) is 0. The van der Waals surface area contributed by atoms with E-state index < -0.39 is 6.10 Å². The second kappa shape index (κ2) is 30.4. The van der Waals surface area contributed by atoms with Crippen LogP contribution in [0.2, 0.25) is 0 Å². The van der Waals surface area contributed by atoms with Crippen molar-refractivity contribution in [3.05, 3.63) is 0 Å². The van der Waals surface area contributed by atoms with Gasteiger partial charge in [0.1, 0.15) is 13.2 Å². The molecule has 0 aliphatic carbocycles. The van der Waals surface area contributed by atoms with Crippen LogP contribution in [0.1, 0.15) is 189 Å². The van der Waals surface area contributed by atoms with E-state index in [0.717, 1.165) is 69.6 Å². The van der Waals surface area contributed by atoms with Gasteiger partial charge in [0.05, 0.1) is 0 Å². The number of unbranched alkanes of at least 4 members (excludes halogenated alkanes) is 16. The molecule has 6 nitrogen and oxygen atoms in total. The van der Waals surface area contributed by atoms with Crippen LogP contribution >= 0.6 is 0 Å². The Labute approximate surface area is 266 Å². The van der Waals surface area contributed by atoms with E-state index in [9.17, 15) is 14.4 Å². The van der Waals surface area contributed by atoms with E-state index in [1.54, 1.807) is 0 Å². The summed E-state index contributed by atoms with van der Waals surface area (Å²) in [6.07, 6.45) is 24.1. The highest BCUT2D eigenvalue weighted by atomic mass is 16.6. The fourth-order valence-electron chi connectivity index (χ4n) is 5.16. The van der Waals surface area contributed by atoms with E-state index in [0.29, 0.717) is 19.3 Å². The van der Waals surface area contributed by atoms with E-state index >= 15 is 0 Å². The molecule has 0 radical (unpaired) electrons. The number of hydrogen-bond acceptors (Lipinski definition) is 6. The zero-order valence-corrected chi connectivity index (χ0v) is 29.1. The van der Waals surface area contributed by atoms with E-state index in [-0.39, 0.29) is 31.1 Å². The first-order valence-corrected chi connectivity index (χ1v) is 18.2. The van der Waals surface area contributed by atoms with Gasteiger partial charge in [0.2, 0.25) is 0 Å². The van der Waals surface area contributed by atoms with Crippen LogP contribution in [0.25, 0.3) is 0 Å². The molecule has 0 aromatic rings. The summed E-state index contributed by atoms with van der Waals surface area (Å²) in [6, 6.07) is 0. The normalized spacial score (nSPS) is 12.1. The molecule has 0 spiro atoms. The maximum Gasteiger partial charge on any atom is 0.306 e. The van der Waals surface area contributed by atoms with Crippen molar-refractivity contribution in [2.75, 3.05) is 13.2 Å². The van der Waals surface area contributed by atoms with Crippen molar-refractivity contribution in [2.24, 2.45) is 11.8 Å². The van der Waals surface area contributed by atoms with Crippen molar-refractivity contribution >= 4 is 17.9 Å². The molecule has 254 valence electrons. The number of hydrogen-bond donors (Lipinski definition) is 0. The van der Waals surface area contributed by atoms with Crippen LogP contribution in [0, 0.1) is 11.8 Å². The Balaban J connectivity index is 4.37. The molecule has 6 heteroatoms. The largest absolute Gasteiger partial charge is 0.462 e. The molecule has 43 heavy (non-hydrogen) atoms. The van der Waals surface area contributed by atoms with Crippen molar-refractivity contribution in [2.45, 2.75) is 195 Å². The zero-order valence-electron chi connectivity index (χ0n) is 29.1. The minimum absolute atomic E-state index is 0.0689. The Morgan fingerprint density at radius 1 is 0.442 bits per heavy atom. The highest BCUT2D eigenvalue weighted by Gasteiger charge is 2.19. The van der Waals surface area contributed by atoms with E-state index in [4.69, 9.17) is 14.2 Å². The van der Waals surface area contributed by atoms with Crippen molar-refractivity contribution < 1.29 is 28.6 Å². The molecule has 0 N–H and O–H groups in total. The highest BCUT2D eigenvalue weighted by molar-refractivity contribution is 5.71. The number of esters is 3. The minimum atomic E-state index is -0.758. The van der Waals surface area contributed by atoms with Crippen molar-refractivity contribution in [1.29, 1.82) is 0 Å². The van der Waals surface area contributed by atoms with Gasteiger partial charge in [0, 0.05) is 19.3 Å². The third-order valence-corrected chi connectivity index (χ3v) is 7.97. The standard InChI is InChI=1S/C37H70O6/c1-6-7-8-9-10-17-22-27-35(38)41-30-34(43-37(40)29-24-19-14-12-16-21-26-33(4)5)31-42-36(39)28-23-18-13-11-15-20-25-32(2)3/h32-34H,6-31H2,1-5H3/t34-/m0/s1. The predicted octanol–water partition coefficient (Wildman–Crippen LogP) is 10.7. The highest BCUT2D eigenvalue weighted by Crippen LogP contribution is 2.14. The fraction of sp³-hybridized carbons (Fsp3) is 0.919. The molecule has 0 unspecified atom stereocenters. The van der Waals surface area contributed by atoms with Gasteiger partial charge in [-0.1, -0.05) is 150 Å². The number of carbonyl (C=O) groups is 3. The molecule has 0 aliphatic rings. The van der Waals surface area contributed by atoms with Crippen LogP contribution in [0.4, 0.5) is 0 Å². The molecule has 0 aromatic carbocycles. The Bertz CT molecular complexity index is 659. The summed E-state index contributed by atoms with van der Waals surface area (Å²) in [6.45, 7) is 11.1. The quantitative estimate of drug-likeness (QED) is 0.0441. The predicted molar refractivity (Wildman–Crippen MR) is 178 cm³/mol. The molecule has 0 aliphatic heterocycles. The van der Waals surface area contributed by atoms with E-state index in [1.807, 2.05) is 0 Å².